The van der Waals surface area contributed by atoms with Crippen LogP contribution in [-0.2, 0) is 24.5 Å². The lowest BCUT2D eigenvalue weighted by Crippen LogP contribution is -2.39. The molecule has 6 aliphatic rings. The highest BCUT2D eigenvalue weighted by atomic mass is 31.2. The average molecular weight is 879 g/mol. The molecule has 2 aliphatic heterocycles. The van der Waals surface area contributed by atoms with E-state index in [2.05, 4.69) is 93.5 Å². The van der Waals surface area contributed by atoms with Gasteiger partial charge in [0.2, 0.25) is 0 Å². The first kappa shape index (κ1) is 46.1. The summed E-state index contributed by atoms with van der Waals surface area (Å²) in [5.41, 5.74) is 2.18. The van der Waals surface area contributed by atoms with Crippen LogP contribution in [0.2, 0.25) is 0 Å². The molecule has 4 unspecified atom stereocenters. The van der Waals surface area contributed by atoms with Crippen LogP contribution < -0.4 is 13.8 Å². The Bertz CT molecular complexity index is 1660. The molecule has 9 heteroatoms. The van der Waals surface area contributed by atoms with Crippen LogP contribution in [0.25, 0.3) is 0 Å². The van der Waals surface area contributed by atoms with E-state index in [0.717, 1.165) is 48.3 Å². The maximum atomic E-state index is 7.16. The number of fused-ring (bicyclic) bond motifs is 6. The number of ether oxygens (including phenoxy) is 1. The van der Waals surface area contributed by atoms with E-state index in [1.54, 1.807) is 0 Å². The zero-order valence-electron chi connectivity index (χ0n) is 39.4. The predicted octanol–water partition coefficient (Wildman–Crippen LogP) is 15.9. The number of rotatable bonds is 12. The van der Waals surface area contributed by atoms with Crippen LogP contribution >= 0.6 is 17.2 Å². The van der Waals surface area contributed by atoms with Gasteiger partial charge in [-0.2, -0.15) is 0 Å². The third-order valence-corrected chi connectivity index (χ3v) is 18.6. The third-order valence-electron chi connectivity index (χ3n) is 16.1. The molecule has 2 heterocycles. The van der Waals surface area contributed by atoms with E-state index in [-0.39, 0.29) is 24.4 Å². The molecule has 2 aromatic rings. The van der Waals surface area contributed by atoms with E-state index in [1.165, 1.54) is 57.8 Å². The molecule has 4 aliphatic carbocycles. The summed E-state index contributed by atoms with van der Waals surface area (Å²) in [5.74, 6) is 9.60. The zero-order valence-corrected chi connectivity index (χ0v) is 41.1. The fourth-order valence-electron chi connectivity index (χ4n) is 12.4. The Hall–Kier alpha value is -1.46. The normalized spacial score (nSPS) is 35.9. The monoisotopic (exact) mass is 879 g/mol. The second-order valence-corrected chi connectivity index (χ2v) is 24.1. The highest BCUT2D eigenvalue weighted by Crippen LogP contribution is 2.58. The van der Waals surface area contributed by atoms with Gasteiger partial charge in [0, 0.05) is 17.5 Å². The molecule has 0 spiro atoms. The van der Waals surface area contributed by atoms with Gasteiger partial charge in [-0.25, -0.2) is 0 Å². The molecule has 2 aromatic carbocycles. The first-order valence-corrected chi connectivity index (χ1v) is 27.0. The maximum Gasteiger partial charge on any atom is 0.397 e. The fraction of sp³-hybridized carbons (Fsp3) is 0.769. The van der Waals surface area contributed by atoms with Crippen molar-refractivity contribution in [3.63, 3.8) is 0 Å². The van der Waals surface area contributed by atoms with Crippen molar-refractivity contribution in [1.29, 1.82) is 0 Å². The van der Waals surface area contributed by atoms with Gasteiger partial charge in [-0.3, -0.25) is 18.1 Å². The van der Waals surface area contributed by atoms with Crippen molar-refractivity contribution in [1.82, 2.24) is 0 Å². The van der Waals surface area contributed by atoms with Crippen LogP contribution in [0.3, 0.4) is 0 Å². The van der Waals surface area contributed by atoms with Crippen LogP contribution in [-0.4, -0.2) is 24.4 Å². The molecule has 7 nitrogen and oxygen atoms in total. The predicted molar refractivity (Wildman–Crippen MR) is 249 cm³/mol. The molecule has 0 amide bonds. The van der Waals surface area contributed by atoms with Gasteiger partial charge in [0.05, 0.1) is 24.4 Å². The van der Waals surface area contributed by atoms with Crippen molar-refractivity contribution >= 4 is 17.2 Å². The van der Waals surface area contributed by atoms with Crippen LogP contribution in [0, 0.1) is 71.0 Å². The van der Waals surface area contributed by atoms with E-state index in [9.17, 15) is 0 Å². The third kappa shape index (κ3) is 11.0. The van der Waals surface area contributed by atoms with E-state index in [1.807, 2.05) is 12.1 Å². The van der Waals surface area contributed by atoms with Gasteiger partial charge in [-0.1, -0.05) is 106 Å². The van der Waals surface area contributed by atoms with Crippen LogP contribution in [0.4, 0.5) is 0 Å². The Balaban J connectivity index is 1.08. The van der Waals surface area contributed by atoms with Gasteiger partial charge in [0.1, 0.15) is 0 Å². The SMILES string of the molecule is CC(C)C1CC[C@@H](C)C[C@H]1OP(Oc1cccc2c1Oc1c(cccc1OP1O[C@@H]3C[C@@H](CCC3C(C)C)C[C@@H]3CC[C@@H](C(C)C)[C@@H](C3)O1)C2)O[C@@H]1C[C@H](C)CC[C@H]1C(C)C. The van der Waals surface area contributed by atoms with E-state index in [0.29, 0.717) is 88.9 Å². The highest BCUT2D eigenvalue weighted by molar-refractivity contribution is 7.42. The van der Waals surface area contributed by atoms with Gasteiger partial charge in [0.15, 0.2) is 23.0 Å². The minimum absolute atomic E-state index is 0.0959. The van der Waals surface area contributed by atoms with Crippen molar-refractivity contribution < 1.29 is 31.9 Å². The lowest BCUT2D eigenvalue weighted by atomic mass is 9.68. The Labute approximate surface area is 372 Å². The van der Waals surface area contributed by atoms with Gasteiger partial charge in [-0.05, 0) is 154 Å². The molecule has 1 saturated heterocycles. The van der Waals surface area contributed by atoms with Crippen molar-refractivity contribution in [3.8, 4) is 23.0 Å². The molecular formula is C52H80O7P2. The average Bonchev–Trinajstić information content (AvgIpc) is 3.20. The Kier molecular flexibility index (Phi) is 15.4. The second-order valence-electron chi connectivity index (χ2n) is 22.0. The van der Waals surface area contributed by atoms with Crippen LogP contribution in [0.5, 0.6) is 23.0 Å². The van der Waals surface area contributed by atoms with E-state index in [4.69, 9.17) is 31.9 Å². The quantitative estimate of drug-likeness (QED) is 0.168. The standard InChI is InChI=1S/C52H80O7P2/c1-31(2)41-21-17-35(9)25-47(41)56-60(57-48-26-36(10)18-22-42(48)32(3)4)54-45-15-11-13-39-30-40-14-12-16-46(52(40)53-51(39)45)55-61-58-49-28-37(19-23-43(49)33(5)6)27-38-20-24-44(34(7)8)50(29-38)59-61/h11-16,31-38,41-44,47-50H,17-30H2,1-10H3/t35-,36-,37+,38+,41+,42?,43+,44?,47-,48-,49-,50-,60?,61?/m1/s1. The molecule has 0 radical (unpaired) electrons. The largest absolute Gasteiger partial charge is 0.449 e. The van der Waals surface area contributed by atoms with Crippen molar-refractivity contribution in [2.75, 3.05) is 0 Å². The lowest BCUT2D eigenvalue weighted by Gasteiger charge is -2.45. The molecule has 4 saturated carbocycles. The van der Waals surface area contributed by atoms with Gasteiger partial charge in [-0.15, -0.1) is 0 Å². The number of para-hydroxylation sites is 2. The van der Waals surface area contributed by atoms with Crippen LogP contribution in [0.1, 0.15) is 164 Å². The number of hydrogen-bond acceptors (Lipinski definition) is 7. The summed E-state index contributed by atoms with van der Waals surface area (Å²) in [6.07, 6.45) is 16.7. The molecule has 0 N–H and O–H groups in total. The lowest BCUT2D eigenvalue weighted by molar-refractivity contribution is -0.0273. The summed E-state index contributed by atoms with van der Waals surface area (Å²) < 4.78 is 49.8. The summed E-state index contributed by atoms with van der Waals surface area (Å²) >= 11 is 0. The summed E-state index contributed by atoms with van der Waals surface area (Å²) in [4.78, 5) is 0. The summed E-state index contributed by atoms with van der Waals surface area (Å²) in [6, 6.07) is 12.6. The molecule has 61 heavy (non-hydrogen) atoms. The molecule has 4 bridgehead atoms. The molecule has 14 atom stereocenters. The topological polar surface area (TPSA) is 64.6 Å². The molecule has 0 aromatic heterocycles. The first-order chi connectivity index (χ1) is 29.3. The number of benzene rings is 2. The molecule has 340 valence electrons. The summed E-state index contributed by atoms with van der Waals surface area (Å²) in [5, 5.41) is 0. The Morgan fingerprint density at radius 1 is 0.541 bits per heavy atom. The van der Waals surface area contributed by atoms with E-state index >= 15 is 0 Å². The Morgan fingerprint density at radius 2 is 1.00 bits per heavy atom. The minimum atomic E-state index is -1.72. The molecule has 8 rings (SSSR count). The smallest absolute Gasteiger partial charge is 0.397 e. The van der Waals surface area contributed by atoms with Crippen molar-refractivity contribution in [3.05, 3.63) is 47.5 Å². The molecular weight excluding hydrogens is 799 g/mol. The van der Waals surface area contributed by atoms with Gasteiger partial charge < -0.3 is 13.8 Å². The summed E-state index contributed by atoms with van der Waals surface area (Å²) in [6.45, 7) is 23.5. The maximum absolute atomic E-state index is 7.16. The first-order valence-electron chi connectivity index (χ1n) is 24.8. The number of hydrogen-bond donors (Lipinski definition) is 0. The molecule has 5 fully saturated rings. The van der Waals surface area contributed by atoms with Gasteiger partial charge >= 0.3 is 17.2 Å². The van der Waals surface area contributed by atoms with E-state index < -0.39 is 17.2 Å². The fourth-order valence-corrected chi connectivity index (χ4v) is 15.2. The highest BCUT2D eigenvalue weighted by Gasteiger charge is 2.44. The van der Waals surface area contributed by atoms with Crippen LogP contribution in [0.15, 0.2) is 36.4 Å². The minimum Gasteiger partial charge on any atom is -0.449 e. The second kappa shape index (κ2) is 20.4. The van der Waals surface area contributed by atoms with Gasteiger partial charge in [0.25, 0.3) is 0 Å². The Morgan fingerprint density at radius 3 is 1.49 bits per heavy atom. The summed E-state index contributed by atoms with van der Waals surface area (Å²) in [7, 11) is -3.40. The van der Waals surface area contributed by atoms with Crippen molar-refractivity contribution in [2.45, 2.75) is 184 Å². The zero-order chi connectivity index (χ0) is 42.9. The van der Waals surface area contributed by atoms with Crippen molar-refractivity contribution in [2.24, 2.45) is 71.0 Å².